The summed E-state index contributed by atoms with van der Waals surface area (Å²) >= 11 is 0. The van der Waals surface area contributed by atoms with E-state index in [1.165, 1.54) is 30.5 Å². The maximum atomic E-state index is 13.2. The SMILES string of the molecule is Oc1ccc(C=NNc2ccc(F)cc2F)cc1O. The van der Waals surface area contributed by atoms with Crippen molar-refractivity contribution in [3.63, 3.8) is 0 Å². The lowest BCUT2D eigenvalue weighted by Gasteiger charge is -2.02. The van der Waals surface area contributed by atoms with E-state index in [2.05, 4.69) is 10.5 Å². The molecule has 0 aliphatic rings. The van der Waals surface area contributed by atoms with Crippen LogP contribution in [0, 0.1) is 11.6 Å². The molecule has 0 bridgehead atoms. The van der Waals surface area contributed by atoms with Gasteiger partial charge in [0, 0.05) is 6.07 Å². The molecule has 0 spiro atoms. The Kier molecular flexibility index (Phi) is 3.61. The summed E-state index contributed by atoms with van der Waals surface area (Å²) in [5.74, 6) is -1.95. The average molecular weight is 264 g/mol. The molecule has 0 saturated heterocycles. The summed E-state index contributed by atoms with van der Waals surface area (Å²) in [5.41, 5.74) is 2.94. The number of anilines is 1. The number of phenols is 2. The zero-order chi connectivity index (χ0) is 13.8. The van der Waals surface area contributed by atoms with Crippen LogP contribution in [-0.2, 0) is 0 Å². The second-order valence-electron chi connectivity index (χ2n) is 3.74. The van der Waals surface area contributed by atoms with Crippen molar-refractivity contribution < 1.29 is 19.0 Å². The predicted octanol–water partition coefficient (Wildman–Crippen LogP) is 2.82. The standard InChI is InChI=1S/C13H10F2N2O2/c14-9-2-3-11(10(15)6-9)17-16-7-8-1-4-12(18)13(19)5-8/h1-7,17-19H. The lowest BCUT2D eigenvalue weighted by atomic mass is 10.2. The first kappa shape index (κ1) is 12.8. The minimum absolute atomic E-state index is 0.0284. The van der Waals surface area contributed by atoms with E-state index in [1.54, 1.807) is 0 Å². The van der Waals surface area contributed by atoms with Gasteiger partial charge in [-0.1, -0.05) is 0 Å². The van der Waals surface area contributed by atoms with Crippen molar-refractivity contribution in [2.45, 2.75) is 0 Å². The zero-order valence-corrected chi connectivity index (χ0v) is 9.64. The molecule has 0 amide bonds. The Morgan fingerprint density at radius 1 is 1.00 bits per heavy atom. The molecule has 0 saturated carbocycles. The quantitative estimate of drug-likeness (QED) is 0.453. The van der Waals surface area contributed by atoms with E-state index in [0.29, 0.717) is 5.56 Å². The smallest absolute Gasteiger partial charge is 0.158 e. The molecule has 19 heavy (non-hydrogen) atoms. The van der Waals surface area contributed by atoms with Gasteiger partial charge >= 0.3 is 0 Å². The lowest BCUT2D eigenvalue weighted by Crippen LogP contribution is -1.94. The second-order valence-corrected chi connectivity index (χ2v) is 3.74. The molecule has 0 unspecified atom stereocenters. The van der Waals surface area contributed by atoms with E-state index < -0.39 is 11.6 Å². The van der Waals surface area contributed by atoms with E-state index in [1.807, 2.05) is 0 Å². The van der Waals surface area contributed by atoms with Crippen LogP contribution in [0.25, 0.3) is 0 Å². The average Bonchev–Trinajstić information content (AvgIpc) is 2.36. The number of benzene rings is 2. The fourth-order valence-electron chi connectivity index (χ4n) is 1.38. The van der Waals surface area contributed by atoms with Gasteiger partial charge in [-0.05, 0) is 35.9 Å². The number of hydrogen-bond acceptors (Lipinski definition) is 4. The molecule has 2 aromatic rings. The first-order valence-corrected chi connectivity index (χ1v) is 5.32. The third-order valence-corrected chi connectivity index (χ3v) is 2.33. The van der Waals surface area contributed by atoms with Crippen molar-refractivity contribution in [2.75, 3.05) is 5.43 Å². The molecule has 0 radical (unpaired) electrons. The van der Waals surface area contributed by atoms with Crippen LogP contribution in [0.1, 0.15) is 5.56 Å². The number of phenolic OH excluding ortho intramolecular Hbond substituents is 2. The molecule has 0 heterocycles. The van der Waals surface area contributed by atoms with Crippen molar-refractivity contribution in [3.05, 3.63) is 53.6 Å². The van der Waals surface area contributed by atoms with Crippen LogP contribution in [-0.4, -0.2) is 16.4 Å². The summed E-state index contributed by atoms with van der Waals surface area (Å²) in [6.07, 6.45) is 1.32. The largest absolute Gasteiger partial charge is 0.504 e. The lowest BCUT2D eigenvalue weighted by molar-refractivity contribution is 0.403. The number of nitrogens with zero attached hydrogens (tertiary/aromatic N) is 1. The van der Waals surface area contributed by atoms with Crippen LogP contribution < -0.4 is 5.43 Å². The van der Waals surface area contributed by atoms with Crippen LogP contribution in [0.5, 0.6) is 11.5 Å². The maximum Gasteiger partial charge on any atom is 0.158 e. The molecule has 2 aromatic carbocycles. The number of hydrogen-bond donors (Lipinski definition) is 3. The van der Waals surface area contributed by atoms with Gasteiger partial charge < -0.3 is 10.2 Å². The van der Waals surface area contributed by atoms with Crippen molar-refractivity contribution in [3.8, 4) is 11.5 Å². The van der Waals surface area contributed by atoms with Gasteiger partial charge in [0.2, 0.25) is 0 Å². The molecule has 98 valence electrons. The minimum Gasteiger partial charge on any atom is -0.504 e. The molecule has 2 rings (SSSR count). The Balaban J connectivity index is 2.09. The summed E-state index contributed by atoms with van der Waals surface area (Å²) in [7, 11) is 0. The Morgan fingerprint density at radius 3 is 2.47 bits per heavy atom. The first-order chi connectivity index (χ1) is 9.06. The number of hydrazone groups is 1. The Labute approximate surface area is 107 Å². The summed E-state index contributed by atoms with van der Waals surface area (Å²) in [5, 5.41) is 22.1. The second kappa shape index (κ2) is 5.34. The Morgan fingerprint density at radius 2 is 1.79 bits per heavy atom. The van der Waals surface area contributed by atoms with E-state index in [-0.39, 0.29) is 17.2 Å². The van der Waals surface area contributed by atoms with Gasteiger partial charge in [0.15, 0.2) is 17.3 Å². The highest BCUT2D eigenvalue weighted by molar-refractivity contribution is 5.81. The molecule has 3 N–H and O–H groups in total. The van der Waals surface area contributed by atoms with Crippen LogP contribution in [0.4, 0.5) is 14.5 Å². The van der Waals surface area contributed by atoms with Gasteiger partial charge in [-0.3, -0.25) is 5.43 Å². The number of aromatic hydroxyl groups is 2. The van der Waals surface area contributed by atoms with Crippen LogP contribution in [0.15, 0.2) is 41.5 Å². The van der Waals surface area contributed by atoms with E-state index in [9.17, 15) is 13.9 Å². The van der Waals surface area contributed by atoms with Gasteiger partial charge in [0.05, 0.1) is 11.9 Å². The predicted molar refractivity (Wildman–Crippen MR) is 67.3 cm³/mol. The number of rotatable bonds is 3. The van der Waals surface area contributed by atoms with Gasteiger partial charge in [-0.25, -0.2) is 8.78 Å². The topological polar surface area (TPSA) is 64.9 Å². The molecule has 4 nitrogen and oxygen atoms in total. The highest BCUT2D eigenvalue weighted by atomic mass is 19.1. The molecule has 0 aliphatic carbocycles. The van der Waals surface area contributed by atoms with Crippen LogP contribution in [0.2, 0.25) is 0 Å². The van der Waals surface area contributed by atoms with E-state index in [0.717, 1.165) is 12.1 Å². The van der Waals surface area contributed by atoms with Crippen molar-refractivity contribution in [1.29, 1.82) is 0 Å². The van der Waals surface area contributed by atoms with E-state index >= 15 is 0 Å². The normalized spacial score (nSPS) is 10.8. The summed E-state index contributed by atoms with van der Waals surface area (Å²) in [4.78, 5) is 0. The van der Waals surface area contributed by atoms with Crippen molar-refractivity contribution in [2.24, 2.45) is 5.10 Å². The van der Waals surface area contributed by atoms with Gasteiger partial charge in [0.1, 0.15) is 5.82 Å². The fourth-order valence-corrected chi connectivity index (χ4v) is 1.38. The fraction of sp³-hybridized carbons (Fsp3) is 0. The third-order valence-electron chi connectivity index (χ3n) is 2.33. The summed E-state index contributed by atoms with van der Waals surface area (Å²) < 4.78 is 25.9. The highest BCUT2D eigenvalue weighted by Crippen LogP contribution is 2.24. The molecular formula is C13H10F2N2O2. The molecule has 6 heteroatoms. The molecule has 0 fully saturated rings. The Hall–Kier alpha value is -2.63. The van der Waals surface area contributed by atoms with Crippen LogP contribution >= 0.6 is 0 Å². The maximum absolute atomic E-state index is 13.2. The zero-order valence-electron chi connectivity index (χ0n) is 9.64. The van der Waals surface area contributed by atoms with Crippen molar-refractivity contribution in [1.82, 2.24) is 0 Å². The highest BCUT2D eigenvalue weighted by Gasteiger charge is 2.02. The van der Waals surface area contributed by atoms with E-state index in [4.69, 9.17) is 5.11 Å². The first-order valence-electron chi connectivity index (χ1n) is 5.32. The summed E-state index contributed by atoms with van der Waals surface area (Å²) in [6, 6.07) is 7.17. The molecular weight excluding hydrogens is 254 g/mol. The molecule has 0 aromatic heterocycles. The number of halogens is 2. The number of nitrogens with one attached hydrogen (secondary N) is 1. The third kappa shape index (κ3) is 3.19. The van der Waals surface area contributed by atoms with Crippen LogP contribution in [0.3, 0.4) is 0 Å². The molecule has 0 atom stereocenters. The van der Waals surface area contributed by atoms with Crippen molar-refractivity contribution >= 4 is 11.9 Å². The molecule has 0 aliphatic heterocycles. The van der Waals surface area contributed by atoms with Gasteiger partial charge in [0.25, 0.3) is 0 Å². The van der Waals surface area contributed by atoms with Gasteiger partial charge in [-0.2, -0.15) is 5.10 Å². The van der Waals surface area contributed by atoms with Gasteiger partial charge in [-0.15, -0.1) is 0 Å². The monoisotopic (exact) mass is 264 g/mol. The Bertz CT molecular complexity index is 630. The minimum atomic E-state index is -0.759. The summed E-state index contributed by atoms with van der Waals surface area (Å²) in [6.45, 7) is 0.